The lowest BCUT2D eigenvalue weighted by Crippen LogP contribution is -2.18. The summed E-state index contributed by atoms with van der Waals surface area (Å²) in [7, 11) is 0. The zero-order chi connectivity index (χ0) is 14.1. The van der Waals surface area contributed by atoms with Gasteiger partial charge in [-0.3, -0.25) is 0 Å². The molecule has 0 spiro atoms. The van der Waals surface area contributed by atoms with E-state index < -0.39 is 35.1 Å². The first-order valence-electron chi connectivity index (χ1n) is 4.74. The third kappa shape index (κ3) is 3.04. The zero-order valence-electron chi connectivity index (χ0n) is 8.94. The van der Waals surface area contributed by atoms with Gasteiger partial charge in [-0.1, -0.05) is 6.08 Å². The molecule has 1 nitrogen and oxygen atoms in total. The molecule has 0 saturated carbocycles. The van der Waals surface area contributed by atoms with Crippen LogP contribution in [0.25, 0.3) is 0 Å². The number of hydrogen-bond acceptors (Lipinski definition) is 1. The van der Waals surface area contributed by atoms with Gasteiger partial charge in [-0.05, 0) is 23.8 Å². The van der Waals surface area contributed by atoms with Crippen LogP contribution < -0.4 is 5.73 Å². The van der Waals surface area contributed by atoms with Crippen molar-refractivity contribution in [2.45, 2.75) is 18.4 Å². The Morgan fingerprint density at radius 3 is 2.00 bits per heavy atom. The lowest BCUT2D eigenvalue weighted by atomic mass is 9.97. The number of hydrogen-bond donors (Lipinski definition) is 1. The van der Waals surface area contributed by atoms with Crippen molar-refractivity contribution in [1.29, 1.82) is 0 Å². The molecule has 0 aliphatic rings. The largest absolute Gasteiger partial charge is 0.416 e. The van der Waals surface area contributed by atoms with E-state index in [2.05, 4.69) is 6.58 Å². The second kappa shape index (κ2) is 4.64. The van der Waals surface area contributed by atoms with Crippen molar-refractivity contribution in [3.8, 4) is 0 Å². The SMILES string of the molecule is C=C[C@@H](N)c1cc(C(F)(F)F)ccc1C(F)(F)F. The molecule has 0 heterocycles. The highest BCUT2D eigenvalue weighted by Crippen LogP contribution is 2.38. The fourth-order valence-electron chi connectivity index (χ4n) is 1.40. The van der Waals surface area contributed by atoms with Gasteiger partial charge in [0.25, 0.3) is 0 Å². The minimum absolute atomic E-state index is 0.377. The first-order chi connectivity index (χ1) is 8.07. The van der Waals surface area contributed by atoms with E-state index in [4.69, 9.17) is 5.73 Å². The fraction of sp³-hybridized carbons (Fsp3) is 0.273. The van der Waals surface area contributed by atoms with E-state index >= 15 is 0 Å². The van der Waals surface area contributed by atoms with Crippen molar-refractivity contribution < 1.29 is 26.3 Å². The highest BCUT2D eigenvalue weighted by Gasteiger charge is 2.37. The summed E-state index contributed by atoms with van der Waals surface area (Å²) in [6.07, 6.45) is -8.54. The molecule has 1 aromatic rings. The first kappa shape index (κ1) is 14.6. The van der Waals surface area contributed by atoms with Crippen molar-refractivity contribution in [3.63, 3.8) is 0 Å². The fourth-order valence-corrected chi connectivity index (χ4v) is 1.40. The van der Waals surface area contributed by atoms with Crippen molar-refractivity contribution in [1.82, 2.24) is 0 Å². The van der Waals surface area contributed by atoms with E-state index in [0.717, 1.165) is 6.08 Å². The highest BCUT2D eigenvalue weighted by molar-refractivity contribution is 5.38. The molecular formula is C11H9F6N. The molecule has 0 bridgehead atoms. The van der Waals surface area contributed by atoms with Gasteiger partial charge in [-0.2, -0.15) is 26.3 Å². The van der Waals surface area contributed by atoms with Gasteiger partial charge in [-0.15, -0.1) is 6.58 Å². The van der Waals surface area contributed by atoms with Gasteiger partial charge in [0, 0.05) is 6.04 Å². The maximum Gasteiger partial charge on any atom is 0.416 e. The molecule has 7 heteroatoms. The third-order valence-corrected chi connectivity index (χ3v) is 2.30. The summed E-state index contributed by atoms with van der Waals surface area (Å²) >= 11 is 0. The highest BCUT2D eigenvalue weighted by atomic mass is 19.4. The van der Waals surface area contributed by atoms with Gasteiger partial charge in [0.2, 0.25) is 0 Å². The van der Waals surface area contributed by atoms with Crippen molar-refractivity contribution >= 4 is 0 Å². The van der Waals surface area contributed by atoms with Crippen LogP contribution in [-0.4, -0.2) is 0 Å². The van der Waals surface area contributed by atoms with Crippen LogP contribution in [0.4, 0.5) is 26.3 Å². The summed E-state index contributed by atoms with van der Waals surface area (Å²) < 4.78 is 75.1. The summed E-state index contributed by atoms with van der Waals surface area (Å²) in [6.45, 7) is 3.18. The van der Waals surface area contributed by atoms with Crippen LogP contribution in [0.5, 0.6) is 0 Å². The second-order valence-corrected chi connectivity index (χ2v) is 3.56. The Balaban J connectivity index is 3.44. The Bertz CT molecular complexity index is 446. The number of alkyl halides is 6. The zero-order valence-corrected chi connectivity index (χ0v) is 8.94. The molecule has 0 aromatic heterocycles. The van der Waals surface area contributed by atoms with Crippen molar-refractivity contribution in [2.24, 2.45) is 5.73 Å². The van der Waals surface area contributed by atoms with Crippen LogP contribution >= 0.6 is 0 Å². The molecule has 1 rings (SSSR count). The van der Waals surface area contributed by atoms with Gasteiger partial charge in [0.15, 0.2) is 0 Å². The Morgan fingerprint density at radius 1 is 1.06 bits per heavy atom. The second-order valence-electron chi connectivity index (χ2n) is 3.56. The van der Waals surface area contributed by atoms with Crippen LogP contribution in [0.15, 0.2) is 30.9 Å². The molecule has 0 amide bonds. The molecular weight excluding hydrogens is 260 g/mol. The minimum Gasteiger partial charge on any atom is -0.321 e. The number of nitrogens with two attached hydrogens (primary N) is 1. The third-order valence-electron chi connectivity index (χ3n) is 2.30. The molecule has 18 heavy (non-hydrogen) atoms. The normalized spacial score (nSPS) is 14.4. The molecule has 0 fully saturated rings. The molecule has 0 radical (unpaired) electrons. The maximum atomic E-state index is 12.6. The van der Waals surface area contributed by atoms with Crippen molar-refractivity contribution in [2.75, 3.05) is 0 Å². The monoisotopic (exact) mass is 269 g/mol. The molecule has 0 aliphatic heterocycles. The molecule has 0 aliphatic carbocycles. The molecule has 1 aromatic carbocycles. The number of rotatable bonds is 2. The summed E-state index contributed by atoms with van der Waals surface area (Å²) in [6, 6.07) is -0.164. The molecule has 100 valence electrons. The average Bonchev–Trinajstić information content (AvgIpc) is 2.24. The molecule has 1 atom stereocenters. The molecule has 2 N–H and O–H groups in total. The van der Waals surface area contributed by atoms with Gasteiger partial charge in [0.05, 0.1) is 11.1 Å². The number of benzene rings is 1. The lowest BCUT2D eigenvalue weighted by molar-refractivity contribution is -0.141. The topological polar surface area (TPSA) is 26.0 Å². The summed E-state index contributed by atoms with van der Waals surface area (Å²) in [5.74, 6) is 0. The van der Waals surface area contributed by atoms with Gasteiger partial charge >= 0.3 is 12.4 Å². The Kier molecular flexibility index (Phi) is 3.75. The van der Waals surface area contributed by atoms with E-state index in [1.165, 1.54) is 0 Å². The van der Waals surface area contributed by atoms with Gasteiger partial charge < -0.3 is 5.73 Å². The Labute approximate surface area is 98.9 Å². The predicted octanol–water partition coefficient (Wildman–Crippen LogP) is 3.91. The molecule has 0 saturated heterocycles. The minimum atomic E-state index is -4.76. The standard InChI is InChI=1S/C11H9F6N/c1-2-9(18)7-5-6(10(12,13)14)3-4-8(7)11(15,16)17/h2-5,9H,1,18H2/t9-/m1/s1. The van der Waals surface area contributed by atoms with Gasteiger partial charge in [-0.25, -0.2) is 0 Å². The van der Waals surface area contributed by atoms with E-state index in [0.29, 0.717) is 18.2 Å². The van der Waals surface area contributed by atoms with Crippen molar-refractivity contribution in [3.05, 3.63) is 47.5 Å². The first-order valence-corrected chi connectivity index (χ1v) is 4.74. The van der Waals surface area contributed by atoms with Crippen LogP contribution in [0.3, 0.4) is 0 Å². The number of halogens is 6. The van der Waals surface area contributed by atoms with E-state index in [9.17, 15) is 26.3 Å². The van der Waals surface area contributed by atoms with Crippen LogP contribution in [0.2, 0.25) is 0 Å². The molecule has 0 unspecified atom stereocenters. The maximum absolute atomic E-state index is 12.6. The van der Waals surface area contributed by atoms with Crippen LogP contribution in [0, 0.1) is 0 Å². The lowest BCUT2D eigenvalue weighted by Gasteiger charge is -2.18. The van der Waals surface area contributed by atoms with Gasteiger partial charge in [0.1, 0.15) is 0 Å². The van der Waals surface area contributed by atoms with Crippen LogP contribution in [-0.2, 0) is 12.4 Å². The quantitative estimate of drug-likeness (QED) is 0.639. The Hall–Kier alpha value is -1.50. The predicted molar refractivity (Wildman–Crippen MR) is 53.6 cm³/mol. The van der Waals surface area contributed by atoms with Crippen LogP contribution in [0.1, 0.15) is 22.7 Å². The average molecular weight is 269 g/mol. The smallest absolute Gasteiger partial charge is 0.321 e. The summed E-state index contributed by atoms with van der Waals surface area (Å²) in [4.78, 5) is 0. The van der Waals surface area contributed by atoms with E-state index in [1.54, 1.807) is 0 Å². The van der Waals surface area contributed by atoms with E-state index in [1.807, 2.05) is 0 Å². The Morgan fingerprint density at radius 2 is 1.61 bits per heavy atom. The van der Waals surface area contributed by atoms with E-state index in [-0.39, 0.29) is 0 Å². The summed E-state index contributed by atoms with van der Waals surface area (Å²) in [5.41, 5.74) is 2.30. The summed E-state index contributed by atoms with van der Waals surface area (Å²) in [5, 5.41) is 0.